The van der Waals surface area contributed by atoms with Crippen LogP contribution in [0.4, 0.5) is 0 Å². The quantitative estimate of drug-likeness (QED) is 0.642. The lowest BCUT2D eigenvalue weighted by molar-refractivity contribution is -0.140. The fourth-order valence-electron chi connectivity index (χ4n) is 2.73. The molecular formula is C17H28Cl2N4O3. The molecule has 7 nitrogen and oxygen atoms in total. The average molecular weight is 407 g/mol. The number of pyridine rings is 1. The normalized spacial score (nSPS) is 15.5. The molecule has 26 heavy (non-hydrogen) atoms. The van der Waals surface area contributed by atoms with Gasteiger partial charge in [0.15, 0.2) is 0 Å². The molecule has 9 heteroatoms. The largest absolute Gasteiger partial charge is 0.362 e. The number of halogens is 2. The van der Waals surface area contributed by atoms with E-state index in [4.69, 9.17) is 4.74 Å². The predicted octanol–water partition coefficient (Wildman–Crippen LogP) is 1.16. The van der Waals surface area contributed by atoms with Crippen molar-refractivity contribution in [3.63, 3.8) is 0 Å². The van der Waals surface area contributed by atoms with Crippen LogP contribution in [-0.2, 0) is 20.9 Å². The maximum Gasteiger partial charge on any atom is 0.248 e. The summed E-state index contributed by atoms with van der Waals surface area (Å²) in [4.78, 5) is 29.9. The summed E-state index contributed by atoms with van der Waals surface area (Å²) >= 11 is 0. The highest BCUT2D eigenvalue weighted by Gasteiger charge is 2.25. The third-order valence-corrected chi connectivity index (χ3v) is 3.93. The van der Waals surface area contributed by atoms with Gasteiger partial charge in [-0.2, -0.15) is 0 Å². The van der Waals surface area contributed by atoms with Crippen molar-refractivity contribution >= 4 is 36.6 Å². The van der Waals surface area contributed by atoms with Gasteiger partial charge in [0.25, 0.3) is 0 Å². The van der Waals surface area contributed by atoms with Gasteiger partial charge < -0.3 is 20.3 Å². The van der Waals surface area contributed by atoms with E-state index in [1.54, 1.807) is 12.4 Å². The third-order valence-electron chi connectivity index (χ3n) is 3.93. The van der Waals surface area contributed by atoms with E-state index in [1.807, 2.05) is 17.0 Å². The van der Waals surface area contributed by atoms with Gasteiger partial charge in [-0.25, -0.2) is 0 Å². The summed E-state index contributed by atoms with van der Waals surface area (Å²) in [6.07, 6.45) is 5.26. The van der Waals surface area contributed by atoms with Gasteiger partial charge >= 0.3 is 0 Å². The molecule has 0 radical (unpaired) electrons. The molecule has 1 aromatic heterocycles. The van der Waals surface area contributed by atoms with E-state index in [2.05, 4.69) is 22.5 Å². The minimum Gasteiger partial charge on any atom is -0.362 e. The Morgan fingerprint density at radius 3 is 2.81 bits per heavy atom. The van der Waals surface area contributed by atoms with Crippen LogP contribution < -0.4 is 10.6 Å². The second-order valence-electron chi connectivity index (χ2n) is 5.86. The van der Waals surface area contributed by atoms with Gasteiger partial charge in [-0.05, 0) is 31.0 Å². The predicted molar refractivity (Wildman–Crippen MR) is 105 cm³/mol. The lowest BCUT2D eigenvalue weighted by atomic mass is 10.2. The minimum absolute atomic E-state index is 0. The van der Waals surface area contributed by atoms with Crippen molar-refractivity contribution in [1.82, 2.24) is 20.5 Å². The number of hydrogen-bond acceptors (Lipinski definition) is 5. The summed E-state index contributed by atoms with van der Waals surface area (Å²) in [5.74, 6) is -0.290. The number of carbonyl (C=O) groups is 2. The Labute approximate surface area is 167 Å². The van der Waals surface area contributed by atoms with E-state index in [0.29, 0.717) is 6.54 Å². The van der Waals surface area contributed by atoms with Crippen molar-refractivity contribution in [2.75, 3.05) is 32.8 Å². The molecule has 1 unspecified atom stereocenters. The fourth-order valence-corrected chi connectivity index (χ4v) is 2.73. The van der Waals surface area contributed by atoms with Crippen LogP contribution in [0, 0.1) is 0 Å². The number of rotatable bonds is 9. The molecule has 1 aliphatic rings. The second kappa shape index (κ2) is 13.7. The number of hydrogen-bond donors (Lipinski definition) is 2. The van der Waals surface area contributed by atoms with E-state index in [-0.39, 0.29) is 55.9 Å². The van der Waals surface area contributed by atoms with E-state index < -0.39 is 0 Å². The van der Waals surface area contributed by atoms with Crippen molar-refractivity contribution in [1.29, 1.82) is 0 Å². The lowest BCUT2D eigenvalue weighted by Gasteiger charge is -2.28. The highest BCUT2D eigenvalue weighted by Crippen LogP contribution is 2.09. The van der Waals surface area contributed by atoms with E-state index in [1.165, 1.54) is 0 Å². The molecule has 2 N–H and O–H groups in total. The van der Waals surface area contributed by atoms with Gasteiger partial charge in [-0.15, -0.1) is 24.8 Å². The maximum absolute atomic E-state index is 12.3. The molecule has 148 valence electrons. The van der Waals surface area contributed by atoms with Crippen molar-refractivity contribution in [2.24, 2.45) is 0 Å². The van der Waals surface area contributed by atoms with E-state index >= 15 is 0 Å². The molecular weight excluding hydrogens is 379 g/mol. The molecule has 2 heterocycles. The lowest BCUT2D eigenvalue weighted by Crippen LogP contribution is -2.44. The summed E-state index contributed by atoms with van der Waals surface area (Å²) in [5, 5.41) is 6.01. The zero-order valence-corrected chi connectivity index (χ0v) is 16.6. The van der Waals surface area contributed by atoms with Crippen LogP contribution in [0.25, 0.3) is 0 Å². The van der Waals surface area contributed by atoms with E-state index in [0.717, 1.165) is 38.0 Å². The smallest absolute Gasteiger partial charge is 0.248 e. The fraction of sp³-hybridized carbons (Fsp3) is 0.588. The molecule has 0 bridgehead atoms. The Hall–Kier alpha value is -1.41. The van der Waals surface area contributed by atoms with Crippen LogP contribution in [0.3, 0.4) is 0 Å². The summed E-state index contributed by atoms with van der Waals surface area (Å²) < 4.78 is 5.29. The summed E-state index contributed by atoms with van der Waals surface area (Å²) in [7, 11) is 0. The maximum atomic E-state index is 12.3. The standard InChI is InChI=1S/C17H26N4O3.2ClH/c1-2-8-21(15-5-7-19-11-15)17(23)13-24-12-16(22)20-10-14-4-3-6-18-9-14;;/h3-4,6,9,15,19H,2,5,7-8,10-13H2,1H3,(H,20,22);2*1H. The summed E-state index contributed by atoms with van der Waals surface area (Å²) in [5.41, 5.74) is 0.921. The summed E-state index contributed by atoms with van der Waals surface area (Å²) in [6.45, 7) is 4.77. The molecule has 1 atom stereocenters. The minimum atomic E-state index is -0.240. The molecule has 0 saturated carbocycles. The van der Waals surface area contributed by atoms with Crippen molar-refractivity contribution < 1.29 is 14.3 Å². The number of carbonyl (C=O) groups excluding carboxylic acids is 2. The first kappa shape index (κ1) is 24.6. The SMILES string of the molecule is CCCN(C(=O)COCC(=O)NCc1cccnc1)C1CCNC1.Cl.Cl. The zero-order chi connectivity index (χ0) is 17.2. The molecule has 1 fully saturated rings. The molecule has 0 aromatic carbocycles. The van der Waals surface area contributed by atoms with Crippen LogP contribution in [-0.4, -0.2) is 60.6 Å². The Balaban J connectivity index is 0.00000312. The molecule has 2 amide bonds. The highest BCUT2D eigenvalue weighted by atomic mass is 35.5. The van der Waals surface area contributed by atoms with E-state index in [9.17, 15) is 9.59 Å². The average Bonchev–Trinajstić information content (AvgIpc) is 3.13. The number of nitrogens with zero attached hydrogens (tertiary/aromatic N) is 2. The zero-order valence-electron chi connectivity index (χ0n) is 15.0. The first-order valence-electron chi connectivity index (χ1n) is 8.44. The van der Waals surface area contributed by atoms with Crippen LogP contribution in [0.2, 0.25) is 0 Å². The van der Waals surface area contributed by atoms with Crippen molar-refractivity contribution in [2.45, 2.75) is 32.4 Å². The Morgan fingerprint density at radius 1 is 1.38 bits per heavy atom. The number of aromatic nitrogens is 1. The number of ether oxygens (including phenoxy) is 1. The van der Waals surface area contributed by atoms with Gasteiger partial charge in [0.2, 0.25) is 11.8 Å². The first-order valence-corrected chi connectivity index (χ1v) is 8.44. The Kier molecular flexibility index (Phi) is 13.0. The Morgan fingerprint density at radius 2 is 2.19 bits per heavy atom. The van der Waals surface area contributed by atoms with Crippen molar-refractivity contribution in [3.05, 3.63) is 30.1 Å². The molecule has 0 spiro atoms. The highest BCUT2D eigenvalue weighted by molar-refractivity contribution is 5.85. The number of nitrogens with one attached hydrogen (secondary N) is 2. The van der Waals surface area contributed by atoms with Crippen LogP contribution in [0.5, 0.6) is 0 Å². The molecule has 1 aliphatic heterocycles. The summed E-state index contributed by atoms with van der Waals surface area (Å²) in [6, 6.07) is 3.94. The van der Waals surface area contributed by atoms with Gasteiger partial charge in [0, 0.05) is 38.1 Å². The van der Waals surface area contributed by atoms with Crippen LogP contribution >= 0.6 is 24.8 Å². The third kappa shape index (κ3) is 8.31. The van der Waals surface area contributed by atoms with Crippen LogP contribution in [0.15, 0.2) is 24.5 Å². The van der Waals surface area contributed by atoms with Crippen LogP contribution in [0.1, 0.15) is 25.3 Å². The molecule has 2 rings (SSSR count). The topological polar surface area (TPSA) is 83.6 Å². The monoisotopic (exact) mass is 406 g/mol. The Bertz CT molecular complexity index is 528. The van der Waals surface area contributed by atoms with Gasteiger partial charge in [-0.1, -0.05) is 13.0 Å². The number of amides is 2. The molecule has 1 aromatic rings. The molecule has 0 aliphatic carbocycles. The second-order valence-corrected chi connectivity index (χ2v) is 5.86. The first-order chi connectivity index (χ1) is 11.7. The van der Waals surface area contributed by atoms with Gasteiger partial charge in [0.1, 0.15) is 13.2 Å². The van der Waals surface area contributed by atoms with Gasteiger partial charge in [-0.3, -0.25) is 14.6 Å². The van der Waals surface area contributed by atoms with Gasteiger partial charge in [0.05, 0.1) is 0 Å². The van der Waals surface area contributed by atoms with Crippen molar-refractivity contribution in [3.8, 4) is 0 Å². The molecule has 1 saturated heterocycles.